The van der Waals surface area contributed by atoms with Crippen LogP contribution < -0.4 is 5.32 Å². The lowest BCUT2D eigenvalue weighted by Gasteiger charge is -2.04. The molecule has 2 aromatic heterocycles. The Morgan fingerprint density at radius 1 is 1.26 bits per heavy atom. The van der Waals surface area contributed by atoms with Crippen LogP contribution in [0, 0.1) is 6.92 Å². The lowest BCUT2D eigenvalue weighted by molar-refractivity contribution is 0.102. The van der Waals surface area contributed by atoms with Crippen LogP contribution in [0.5, 0.6) is 0 Å². The molecule has 5 nitrogen and oxygen atoms in total. The van der Waals surface area contributed by atoms with Gasteiger partial charge in [0.15, 0.2) is 5.16 Å². The minimum atomic E-state index is -0.181. The third kappa shape index (κ3) is 2.89. The second-order valence-electron chi connectivity index (χ2n) is 5.23. The van der Waals surface area contributed by atoms with Gasteiger partial charge in [-0.3, -0.25) is 4.79 Å². The summed E-state index contributed by atoms with van der Waals surface area (Å²) in [5, 5.41) is 6.60. The van der Waals surface area contributed by atoms with Gasteiger partial charge in [-0.25, -0.2) is 9.97 Å². The molecular formula is C16H14N4OS2. The maximum atomic E-state index is 12.1. The van der Waals surface area contributed by atoms with Crippen LogP contribution in [-0.2, 0) is 6.54 Å². The number of benzene rings is 1. The molecule has 0 atom stereocenters. The van der Waals surface area contributed by atoms with Gasteiger partial charge in [-0.2, -0.15) is 0 Å². The van der Waals surface area contributed by atoms with Crippen molar-refractivity contribution < 1.29 is 4.79 Å². The Morgan fingerprint density at radius 2 is 2.09 bits per heavy atom. The van der Waals surface area contributed by atoms with Gasteiger partial charge in [-0.15, -0.1) is 11.3 Å². The first-order chi connectivity index (χ1) is 11.2. The number of anilines is 1. The monoisotopic (exact) mass is 342 g/mol. The number of thioether (sulfide) groups is 1. The number of amides is 1. The summed E-state index contributed by atoms with van der Waals surface area (Å²) < 4.78 is 2.18. The fourth-order valence-corrected chi connectivity index (χ4v) is 3.97. The average Bonchev–Trinajstić information content (AvgIpc) is 3.23. The van der Waals surface area contributed by atoms with E-state index in [1.165, 1.54) is 11.3 Å². The first kappa shape index (κ1) is 14.5. The summed E-state index contributed by atoms with van der Waals surface area (Å²) in [6.45, 7) is 2.91. The maximum Gasteiger partial charge on any atom is 0.275 e. The summed E-state index contributed by atoms with van der Waals surface area (Å²) in [5.74, 6) is 0.920. The molecule has 0 aliphatic carbocycles. The molecule has 3 heterocycles. The van der Waals surface area contributed by atoms with Crippen LogP contribution in [0.25, 0.3) is 11.3 Å². The number of imidazole rings is 1. The average molecular weight is 342 g/mol. The molecule has 1 aliphatic heterocycles. The van der Waals surface area contributed by atoms with Gasteiger partial charge in [0.2, 0.25) is 0 Å². The highest BCUT2D eigenvalue weighted by Crippen LogP contribution is 2.29. The quantitative estimate of drug-likeness (QED) is 0.789. The Kier molecular flexibility index (Phi) is 3.66. The molecule has 0 radical (unpaired) electrons. The predicted octanol–water partition coefficient (Wildman–Crippen LogP) is 3.67. The van der Waals surface area contributed by atoms with Crippen LogP contribution in [0.1, 0.15) is 15.5 Å². The Labute approximate surface area is 141 Å². The van der Waals surface area contributed by atoms with Crippen molar-refractivity contribution in [3.05, 3.63) is 46.5 Å². The lowest BCUT2D eigenvalue weighted by atomic mass is 10.1. The third-order valence-corrected chi connectivity index (χ3v) is 5.34. The van der Waals surface area contributed by atoms with Gasteiger partial charge < -0.3 is 9.88 Å². The molecule has 1 aromatic carbocycles. The molecule has 3 aromatic rings. The van der Waals surface area contributed by atoms with Crippen molar-refractivity contribution in [1.29, 1.82) is 0 Å². The van der Waals surface area contributed by atoms with Crippen molar-refractivity contribution in [3.8, 4) is 11.3 Å². The number of carbonyl (C=O) groups is 1. The molecule has 0 saturated heterocycles. The Bertz CT molecular complexity index is 845. The molecule has 116 valence electrons. The Balaban J connectivity index is 1.50. The third-order valence-electron chi connectivity index (χ3n) is 3.59. The smallest absolute Gasteiger partial charge is 0.275 e. The predicted molar refractivity (Wildman–Crippen MR) is 93.2 cm³/mol. The van der Waals surface area contributed by atoms with Crippen LogP contribution >= 0.6 is 23.1 Å². The van der Waals surface area contributed by atoms with Gasteiger partial charge in [0.25, 0.3) is 5.91 Å². The first-order valence-corrected chi connectivity index (χ1v) is 9.09. The number of thiazole rings is 1. The molecular weight excluding hydrogens is 328 g/mol. The number of nitrogens with one attached hydrogen (secondary N) is 1. The van der Waals surface area contributed by atoms with Gasteiger partial charge in [0, 0.05) is 35.1 Å². The molecule has 0 fully saturated rings. The van der Waals surface area contributed by atoms with Gasteiger partial charge in [-0.1, -0.05) is 23.9 Å². The minimum Gasteiger partial charge on any atom is -0.325 e. The molecule has 0 unspecified atom stereocenters. The van der Waals surface area contributed by atoms with E-state index >= 15 is 0 Å². The number of fused-ring (bicyclic) bond motifs is 1. The zero-order valence-electron chi connectivity index (χ0n) is 12.4. The molecule has 0 spiro atoms. The highest BCUT2D eigenvalue weighted by atomic mass is 32.2. The molecule has 4 rings (SSSR count). The number of aromatic nitrogens is 3. The summed E-state index contributed by atoms with van der Waals surface area (Å²) in [6.07, 6.45) is 2.08. The summed E-state index contributed by atoms with van der Waals surface area (Å²) in [7, 11) is 0. The van der Waals surface area contributed by atoms with Crippen LogP contribution in [0.4, 0.5) is 5.69 Å². The maximum absolute atomic E-state index is 12.1. The minimum absolute atomic E-state index is 0.181. The second-order valence-corrected chi connectivity index (χ2v) is 7.36. The van der Waals surface area contributed by atoms with E-state index < -0.39 is 0 Å². The van der Waals surface area contributed by atoms with E-state index in [2.05, 4.69) is 26.0 Å². The fourth-order valence-electron chi connectivity index (χ4n) is 2.44. The first-order valence-electron chi connectivity index (χ1n) is 7.23. The summed E-state index contributed by atoms with van der Waals surface area (Å²) in [6, 6.07) is 7.74. The van der Waals surface area contributed by atoms with Crippen molar-refractivity contribution >= 4 is 34.7 Å². The van der Waals surface area contributed by atoms with E-state index in [0.29, 0.717) is 5.69 Å². The van der Waals surface area contributed by atoms with Gasteiger partial charge in [0.1, 0.15) is 5.69 Å². The van der Waals surface area contributed by atoms with Crippen molar-refractivity contribution in [2.45, 2.75) is 18.6 Å². The number of carbonyl (C=O) groups excluding carboxylic acids is 1. The highest BCUT2D eigenvalue weighted by Gasteiger charge is 2.15. The fraction of sp³-hybridized carbons (Fsp3) is 0.188. The molecule has 7 heteroatoms. The normalized spacial score (nSPS) is 13.1. The van der Waals surface area contributed by atoms with Crippen LogP contribution in [-0.4, -0.2) is 26.2 Å². The summed E-state index contributed by atoms with van der Waals surface area (Å²) >= 11 is 3.25. The number of aryl methyl sites for hydroxylation is 2. The zero-order chi connectivity index (χ0) is 15.8. The SMILES string of the molecule is Cc1nc(C(=O)Nc2ccc(-c3cn4c(n3)SCC4)cc2)cs1. The van der Waals surface area contributed by atoms with E-state index in [1.807, 2.05) is 31.2 Å². The second kappa shape index (κ2) is 5.82. The van der Waals surface area contributed by atoms with Crippen LogP contribution in [0.15, 0.2) is 41.0 Å². The van der Waals surface area contributed by atoms with E-state index in [4.69, 9.17) is 0 Å². The van der Waals surface area contributed by atoms with Crippen molar-refractivity contribution in [3.63, 3.8) is 0 Å². The van der Waals surface area contributed by atoms with Crippen molar-refractivity contribution in [1.82, 2.24) is 14.5 Å². The number of hydrogen-bond acceptors (Lipinski definition) is 5. The largest absolute Gasteiger partial charge is 0.325 e. The molecule has 1 aliphatic rings. The highest BCUT2D eigenvalue weighted by molar-refractivity contribution is 7.99. The molecule has 0 bridgehead atoms. The van der Waals surface area contributed by atoms with E-state index in [1.54, 1.807) is 17.1 Å². The summed E-state index contributed by atoms with van der Waals surface area (Å²) in [5.41, 5.74) is 3.24. The van der Waals surface area contributed by atoms with Gasteiger partial charge in [-0.05, 0) is 19.1 Å². The van der Waals surface area contributed by atoms with Gasteiger partial charge in [0.05, 0.1) is 10.7 Å². The molecule has 23 heavy (non-hydrogen) atoms. The van der Waals surface area contributed by atoms with Crippen LogP contribution in [0.3, 0.4) is 0 Å². The molecule has 1 amide bonds. The van der Waals surface area contributed by atoms with E-state index in [-0.39, 0.29) is 5.91 Å². The zero-order valence-corrected chi connectivity index (χ0v) is 14.1. The number of nitrogens with zero attached hydrogens (tertiary/aromatic N) is 3. The number of hydrogen-bond donors (Lipinski definition) is 1. The van der Waals surface area contributed by atoms with Crippen LogP contribution in [0.2, 0.25) is 0 Å². The molecule has 1 N–H and O–H groups in total. The van der Waals surface area contributed by atoms with E-state index in [9.17, 15) is 4.79 Å². The topological polar surface area (TPSA) is 59.8 Å². The van der Waals surface area contributed by atoms with Crippen molar-refractivity contribution in [2.24, 2.45) is 0 Å². The Hall–Kier alpha value is -2.12. The number of rotatable bonds is 3. The van der Waals surface area contributed by atoms with E-state index in [0.717, 1.165) is 39.4 Å². The van der Waals surface area contributed by atoms with Crippen molar-refractivity contribution in [2.75, 3.05) is 11.1 Å². The standard InChI is InChI=1S/C16H14N4OS2/c1-10-17-14(9-23-10)15(21)18-12-4-2-11(3-5-12)13-8-20-6-7-22-16(20)19-13/h2-5,8-9H,6-7H2,1H3,(H,18,21). The summed E-state index contributed by atoms with van der Waals surface area (Å²) in [4.78, 5) is 20.9. The lowest BCUT2D eigenvalue weighted by Crippen LogP contribution is -2.12. The van der Waals surface area contributed by atoms with Gasteiger partial charge >= 0.3 is 0 Å². The Morgan fingerprint density at radius 3 is 2.78 bits per heavy atom. The molecule has 0 saturated carbocycles.